The molecule has 2 amide bonds. The average molecular weight is 326 g/mol. The molecule has 0 radical (unpaired) electrons. The Balaban J connectivity index is 1.75. The molecular weight excluding hydrogens is 304 g/mol. The van der Waals surface area contributed by atoms with Crippen LogP contribution < -0.4 is 15.4 Å². The lowest BCUT2D eigenvalue weighted by molar-refractivity contribution is -0.123. The zero-order chi connectivity index (χ0) is 17.4. The van der Waals surface area contributed by atoms with Crippen LogP contribution in [0, 0.1) is 6.92 Å². The molecule has 0 aromatic heterocycles. The van der Waals surface area contributed by atoms with E-state index < -0.39 is 0 Å². The molecule has 0 spiro atoms. The summed E-state index contributed by atoms with van der Waals surface area (Å²) >= 11 is 0. The molecule has 0 saturated heterocycles. The fourth-order valence-corrected chi connectivity index (χ4v) is 2.14. The first kappa shape index (κ1) is 17.5. The van der Waals surface area contributed by atoms with Crippen molar-refractivity contribution >= 4 is 17.5 Å². The number of carbonyl (C=O) groups is 2. The standard InChI is InChI=1S/C19H22N2O3/c1-3-24-17-10-8-16(9-11-17)21-19(23)13-20-18(22)12-15-6-4-14(2)5-7-15/h4-11H,3,12-13H2,1-2H3,(H,20,22)(H,21,23). The number of benzene rings is 2. The van der Waals surface area contributed by atoms with Gasteiger partial charge in [0.2, 0.25) is 11.8 Å². The van der Waals surface area contributed by atoms with Crippen molar-refractivity contribution in [3.8, 4) is 5.75 Å². The van der Waals surface area contributed by atoms with E-state index in [9.17, 15) is 9.59 Å². The van der Waals surface area contributed by atoms with Crippen LogP contribution in [0.4, 0.5) is 5.69 Å². The van der Waals surface area contributed by atoms with Crippen LogP contribution in [0.2, 0.25) is 0 Å². The summed E-state index contributed by atoms with van der Waals surface area (Å²) in [6, 6.07) is 14.8. The topological polar surface area (TPSA) is 67.4 Å². The van der Waals surface area contributed by atoms with E-state index in [2.05, 4.69) is 10.6 Å². The lowest BCUT2D eigenvalue weighted by atomic mass is 10.1. The van der Waals surface area contributed by atoms with Crippen molar-refractivity contribution in [3.63, 3.8) is 0 Å². The molecule has 24 heavy (non-hydrogen) atoms. The molecule has 2 aromatic carbocycles. The van der Waals surface area contributed by atoms with Crippen LogP contribution in [0.1, 0.15) is 18.1 Å². The highest BCUT2D eigenvalue weighted by Gasteiger charge is 2.07. The van der Waals surface area contributed by atoms with Gasteiger partial charge in [0.25, 0.3) is 0 Å². The van der Waals surface area contributed by atoms with Crippen LogP contribution >= 0.6 is 0 Å². The molecule has 0 saturated carbocycles. The number of hydrogen-bond donors (Lipinski definition) is 2. The van der Waals surface area contributed by atoms with E-state index in [4.69, 9.17) is 4.74 Å². The maximum absolute atomic E-state index is 11.9. The van der Waals surface area contributed by atoms with Crippen LogP contribution in [0.15, 0.2) is 48.5 Å². The lowest BCUT2D eigenvalue weighted by Gasteiger charge is -2.08. The van der Waals surface area contributed by atoms with Crippen molar-refractivity contribution < 1.29 is 14.3 Å². The van der Waals surface area contributed by atoms with Crippen LogP contribution in [-0.4, -0.2) is 25.0 Å². The van der Waals surface area contributed by atoms with Gasteiger partial charge < -0.3 is 15.4 Å². The molecule has 2 rings (SSSR count). The van der Waals surface area contributed by atoms with Crippen molar-refractivity contribution in [2.24, 2.45) is 0 Å². The predicted octanol–water partition coefficient (Wildman–Crippen LogP) is 2.69. The van der Waals surface area contributed by atoms with E-state index in [1.54, 1.807) is 24.3 Å². The maximum atomic E-state index is 11.9. The Hall–Kier alpha value is -2.82. The van der Waals surface area contributed by atoms with Gasteiger partial charge in [0, 0.05) is 5.69 Å². The molecule has 0 unspecified atom stereocenters. The normalized spacial score (nSPS) is 10.1. The molecule has 0 aliphatic heterocycles. The molecule has 0 aliphatic rings. The summed E-state index contributed by atoms with van der Waals surface area (Å²) in [6.07, 6.45) is 0.261. The van der Waals surface area contributed by atoms with Crippen LogP contribution in [0.5, 0.6) is 5.75 Å². The summed E-state index contributed by atoms with van der Waals surface area (Å²) in [7, 11) is 0. The molecule has 0 fully saturated rings. The molecule has 0 aliphatic carbocycles. The lowest BCUT2D eigenvalue weighted by Crippen LogP contribution is -2.33. The zero-order valence-electron chi connectivity index (χ0n) is 14.0. The second-order valence-electron chi connectivity index (χ2n) is 5.44. The van der Waals surface area contributed by atoms with E-state index >= 15 is 0 Å². The molecule has 126 valence electrons. The molecule has 5 heteroatoms. The maximum Gasteiger partial charge on any atom is 0.243 e. The Bertz CT molecular complexity index is 679. The summed E-state index contributed by atoms with van der Waals surface area (Å²) in [5.41, 5.74) is 2.73. The van der Waals surface area contributed by atoms with Gasteiger partial charge in [-0.1, -0.05) is 29.8 Å². The van der Waals surface area contributed by atoms with Gasteiger partial charge in [-0.15, -0.1) is 0 Å². The fourth-order valence-electron chi connectivity index (χ4n) is 2.14. The molecule has 5 nitrogen and oxygen atoms in total. The number of amides is 2. The highest BCUT2D eigenvalue weighted by Crippen LogP contribution is 2.15. The number of carbonyl (C=O) groups excluding carboxylic acids is 2. The minimum Gasteiger partial charge on any atom is -0.494 e. The van der Waals surface area contributed by atoms with Gasteiger partial charge in [0.1, 0.15) is 5.75 Å². The average Bonchev–Trinajstić information content (AvgIpc) is 2.57. The van der Waals surface area contributed by atoms with Crippen molar-refractivity contribution in [1.82, 2.24) is 5.32 Å². The smallest absolute Gasteiger partial charge is 0.243 e. The zero-order valence-corrected chi connectivity index (χ0v) is 14.0. The highest BCUT2D eigenvalue weighted by molar-refractivity contribution is 5.94. The van der Waals surface area contributed by atoms with Crippen molar-refractivity contribution in [2.75, 3.05) is 18.5 Å². The van der Waals surface area contributed by atoms with Crippen molar-refractivity contribution in [2.45, 2.75) is 20.3 Å². The van der Waals surface area contributed by atoms with E-state index in [1.807, 2.05) is 38.1 Å². The van der Waals surface area contributed by atoms with E-state index in [0.29, 0.717) is 12.3 Å². The van der Waals surface area contributed by atoms with Crippen molar-refractivity contribution in [3.05, 3.63) is 59.7 Å². The van der Waals surface area contributed by atoms with Gasteiger partial charge in [-0.2, -0.15) is 0 Å². The van der Waals surface area contributed by atoms with Crippen molar-refractivity contribution in [1.29, 1.82) is 0 Å². The molecule has 2 N–H and O–H groups in total. The number of rotatable bonds is 7. The molecule has 0 atom stereocenters. The third kappa shape index (κ3) is 5.76. The Morgan fingerprint density at radius 3 is 2.25 bits per heavy atom. The Labute approximate surface area is 142 Å². The van der Waals surface area contributed by atoms with Gasteiger partial charge in [-0.05, 0) is 43.7 Å². The molecule has 0 bridgehead atoms. The number of nitrogens with one attached hydrogen (secondary N) is 2. The van der Waals surface area contributed by atoms with E-state index in [0.717, 1.165) is 16.9 Å². The summed E-state index contributed by atoms with van der Waals surface area (Å²) in [4.78, 5) is 23.7. The number of ether oxygens (including phenoxy) is 1. The minimum absolute atomic E-state index is 0.0576. The highest BCUT2D eigenvalue weighted by atomic mass is 16.5. The first-order valence-electron chi connectivity index (χ1n) is 7.92. The Kier molecular flexibility index (Phi) is 6.37. The van der Waals surface area contributed by atoms with Crippen LogP contribution in [0.25, 0.3) is 0 Å². The molecule has 0 heterocycles. The quantitative estimate of drug-likeness (QED) is 0.822. The monoisotopic (exact) mass is 326 g/mol. The summed E-state index contributed by atoms with van der Waals surface area (Å²) in [5.74, 6) is 0.305. The second-order valence-corrected chi connectivity index (χ2v) is 5.44. The van der Waals surface area contributed by atoms with Gasteiger partial charge >= 0.3 is 0 Å². The number of hydrogen-bond acceptors (Lipinski definition) is 3. The molecule has 2 aromatic rings. The van der Waals surface area contributed by atoms with Crippen LogP contribution in [0.3, 0.4) is 0 Å². The summed E-state index contributed by atoms with van der Waals surface area (Å²) in [6.45, 7) is 4.45. The fraction of sp³-hybridized carbons (Fsp3) is 0.263. The van der Waals surface area contributed by atoms with Crippen LogP contribution in [-0.2, 0) is 16.0 Å². The third-order valence-corrected chi connectivity index (χ3v) is 3.38. The number of aryl methyl sites for hydroxylation is 1. The largest absolute Gasteiger partial charge is 0.494 e. The Morgan fingerprint density at radius 1 is 0.958 bits per heavy atom. The van der Waals surface area contributed by atoms with Gasteiger partial charge in [0.05, 0.1) is 19.6 Å². The second kappa shape index (κ2) is 8.72. The summed E-state index contributed by atoms with van der Waals surface area (Å²) in [5, 5.41) is 5.35. The third-order valence-electron chi connectivity index (χ3n) is 3.38. The Morgan fingerprint density at radius 2 is 1.62 bits per heavy atom. The van der Waals surface area contributed by atoms with Gasteiger partial charge in [-0.25, -0.2) is 0 Å². The van der Waals surface area contributed by atoms with E-state index in [1.165, 1.54) is 0 Å². The molecular formula is C19H22N2O3. The SMILES string of the molecule is CCOc1ccc(NC(=O)CNC(=O)Cc2ccc(C)cc2)cc1. The van der Waals surface area contributed by atoms with Gasteiger partial charge in [-0.3, -0.25) is 9.59 Å². The first-order valence-corrected chi connectivity index (χ1v) is 7.92. The van der Waals surface area contributed by atoms with Gasteiger partial charge in [0.15, 0.2) is 0 Å². The number of anilines is 1. The minimum atomic E-state index is -0.267. The first-order chi connectivity index (χ1) is 11.6. The summed E-state index contributed by atoms with van der Waals surface area (Å²) < 4.78 is 5.34. The van der Waals surface area contributed by atoms with E-state index in [-0.39, 0.29) is 24.8 Å². The predicted molar refractivity (Wildman–Crippen MR) is 94.1 cm³/mol.